The fraction of sp³-hybridized carbons (Fsp3) is 0.346. The van der Waals surface area contributed by atoms with Crippen molar-refractivity contribution in [3.63, 3.8) is 0 Å². The first-order valence-corrected chi connectivity index (χ1v) is 13.3. The van der Waals surface area contributed by atoms with Crippen LogP contribution in [0.3, 0.4) is 0 Å². The molecular weight excluding hydrogens is 529 g/mol. The van der Waals surface area contributed by atoms with Crippen LogP contribution in [0, 0.1) is 24.1 Å². The van der Waals surface area contributed by atoms with E-state index in [4.69, 9.17) is 17.3 Å². The number of carbonyl (C=O) groups is 2. The van der Waals surface area contributed by atoms with Crippen molar-refractivity contribution in [2.75, 3.05) is 42.5 Å². The van der Waals surface area contributed by atoms with Gasteiger partial charge in [-0.05, 0) is 37.6 Å². The van der Waals surface area contributed by atoms with Gasteiger partial charge < -0.3 is 14.9 Å². The van der Waals surface area contributed by atoms with Crippen molar-refractivity contribution in [2.45, 2.75) is 26.8 Å². The van der Waals surface area contributed by atoms with Crippen LogP contribution in [0.1, 0.15) is 30.0 Å². The highest BCUT2D eigenvalue weighted by atomic mass is 32.2. The normalized spacial score (nSPS) is 16.9. The summed E-state index contributed by atoms with van der Waals surface area (Å²) in [6, 6.07) is 8.59. The summed E-state index contributed by atoms with van der Waals surface area (Å²) in [6.45, 7) is 5.74. The Balaban J connectivity index is 1.75. The second kappa shape index (κ2) is 11.4. The second-order valence-corrected chi connectivity index (χ2v) is 10.5. The minimum Gasteiger partial charge on any atom is -0.481 e. The summed E-state index contributed by atoms with van der Waals surface area (Å²) in [5, 5.41) is 18.8. The number of amides is 1. The SMILES string of the molecule is CCn1c(N2CCN(c3ccccc3F)CC2)c(/C=C2/SC(=S)N(CCC(=O)O)C2=O)c(C)c(C#N)c1=O. The Morgan fingerprint density at radius 3 is 2.47 bits per heavy atom. The quantitative estimate of drug-likeness (QED) is 0.407. The minimum absolute atomic E-state index is 0.00630. The largest absolute Gasteiger partial charge is 0.481 e. The third kappa shape index (κ3) is 5.16. The number of nitriles is 1. The summed E-state index contributed by atoms with van der Waals surface area (Å²) in [5.41, 5.74) is 1.10. The lowest BCUT2D eigenvalue weighted by molar-refractivity contribution is -0.137. The Morgan fingerprint density at radius 1 is 1.21 bits per heavy atom. The molecule has 9 nitrogen and oxygen atoms in total. The van der Waals surface area contributed by atoms with Gasteiger partial charge in [0.25, 0.3) is 11.5 Å². The van der Waals surface area contributed by atoms with Gasteiger partial charge in [0, 0.05) is 44.8 Å². The number of anilines is 2. The van der Waals surface area contributed by atoms with Gasteiger partial charge in [-0.2, -0.15) is 5.26 Å². The number of aliphatic carboxylic acids is 1. The maximum atomic E-state index is 14.4. The molecule has 0 atom stereocenters. The van der Waals surface area contributed by atoms with Gasteiger partial charge in [-0.1, -0.05) is 36.1 Å². The van der Waals surface area contributed by atoms with E-state index in [2.05, 4.69) is 0 Å². The highest BCUT2D eigenvalue weighted by molar-refractivity contribution is 8.26. The third-order valence-corrected chi connectivity index (χ3v) is 8.01. The Bertz CT molecular complexity index is 1440. The molecule has 0 bridgehead atoms. The molecule has 0 saturated carbocycles. The van der Waals surface area contributed by atoms with Crippen molar-refractivity contribution in [2.24, 2.45) is 0 Å². The molecule has 2 aliphatic rings. The molecule has 1 aromatic carbocycles. The Hall–Kier alpha value is -3.69. The molecule has 2 aromatic rings. The Morgan fingerprint density at radius 2 is 1.87 bits per heavy atom. The molecule has 198 valence electrons. The number of piperazine rings is 1. The van der Waals surface area contributed by atoms with E-state index in [0.717, 1.165) is 11.8 Å². The summed E-state index contributed by atoms with van der Waals surface area (Å²) >= 11 is 6.38. The molecule has 0 unspecified atom stereocenters. The number of nitrogens with zero attached hydrogens (tertiary/aromatic N) is 5. The summed E-state index contributed by atoms with van der Waals surface area (Å²) in [4.78, 5) is 42.9. The van der Waals surface area contributed by atoms with Crippen molar-refractivity contribution >= 4 is 57.8 Å². The zero-order valence-electron chi connectivity index (χ0n) is 20.9. The highest BCUT2D eigenvalue weighted by Crippen LogP contribution is 2.36. The van der Waals surface area contributed by atoms with E-state index < -0.39 is 17.4 Å². The maximum absolute atomic E-state index is 14.4. The molecule has 1 N–H and O–H groups in total. The predicted octanol–water partition coefficient (Wildman–Crippen LogP) is 3.19. The monoisotopic (exact) mass is 555 g/mol. The molecule has 0 aliphatic carbocycles. The molecule has 2 saturated heterocycles. The lowest BCUT2D eigenvalue weighted by atomic mass is 10.0. The number of carboxylic acid groups (broad SMARTS) is 1. The van der Waals surface area contributed by atoms with Crippen LogP contribution in [0.2, 0.25) is 0 Å². The zero-order valence-corrected chi connectivity index (χ0v) is 22.6. The van der Waals surface area contributed by atoms with Crippen LogP contribution in [0.5, 0.6) is 0 Å². The molecule has 2 aliphatic heterocycles. The Kier molecular flexibility index (Phi) is 8.18. The number of aromatic nitrogens is 1. The first kappa shape index (κ1) is 27.3. The topological polar surface area (TPSA) is 110 Å². The average Bonchev–Trinajstić information content (AvgIpc) is 3.16. The fourth-order valence-electron chi connectivity index (χ4n) is 4.68. The van der Waals surface area contributed by atoms with Crippen molar-refractivity contribution in [3.8, 4) is 6.07 Å². The van der Waals surface area contributed by atoms with Crippen molar-refractivity contribution in [3.05, 3.63) is 62.0 Å². The molecule has 0 radical (unpaired) electrons. The lowest BCUT2D eigenvalue weighted by Gasteiger charge is -2.39. The number of benzene rings is 1. The number of halogens is 1. The number of thioether (sulfide) groups is 1. The first-order chi connectivity index (χ1) is 18.2. The number of rotatable bonds is 7. The summed E-state index contributed by atoms with van der Waals surface area (Å²) in [6.07, 6.45) is 1.40. The van der Waals surface area contributed by atoms with E-state index >= 15 is 0 Å². The molecule has 0 spiro atoms. The fourth-order valence-corrected chi connectivity index (χ4v) is 5.97. The van der Waals surface area contributed by atoms with Gasteiger partial charge in [-0.15, -0.1) is 0 Å². The molecule has 4 rings (SSSR count). The van der Waals surface area contributed by atoms with Crippen molar-refractivity contribution < 1.29 is 19.1 Å². The van der Waals surface area contributed by atoms with Gasteiger partial charge in [0.15, 0.2) is 0 Å². The van der Waals surface area contributed by atoms with Gasteiger partial charge in [-0.25, -0.2) is 4.39 Å². The van der Waals surface area contributed by atoms with E-state index in [0.29, 0.717) is 60.3 Å². The van der Waals surface area contributed by atoms with E-state index in [-0.39, 0.29) is 28.7 Å². The number of hydrogen-bond donors (Lipinski definition) is 1. The van der Waals surface area contributed by atoms with Crippen molar-refractivity contribution in [1.29, 1.82) is 5.26 Å². The van der Waals surface area contributed by atoms with Gasteiger partial charge in [-0.3, -0.25) is 23.9 Å². The minimum atomic E-state index is -1.04. The van der Waals surface area contributed by atoms with Crippen LogP contribution in [-0.4, -0.2) is 63.5 Å². The van der Waals surface area contributed by atoms with Crippen LogP contribution in [-0.2, 0) is 16.1 Å². The summed E-state index contributed by atoms with van der Waals surface area (Å²) in [7, 11) is 0. The van der Waals surface area contributed by atoms with Gasteiger partial charge >= 0.3 is 5.97 Å². The van der Waals surface area contributed by atoms with E-state index in [1.807, 2.05) is 22.8 Å². The first-order valence-electron chi connectivity index (χ1n) is 12.1. The average molecular weight is 556 g/mol. The maximum Gasteiger partial charge on any atom is 0.305 e. The Labute approximate surface area is 228 Å². The number of thiocarbonyl (C=S) groups is 1. The lowest BCUT2D eigenvalue weighted by Crippen LogP contribution is -2.49. The van der Waals surface area contributed by atoms with Crippen LogP contribution in [0.25, 0.3) is 6.08 Å². The third-order valence-electron chi connectivity index (χ3n) is 6.63. The molecular formula is C26H26FN5O4S2. The number of carbonyl (C=O) groups excluding carboxylic acids is 1. The van der Waals surface area contributed by atoms with Crippen LogP contribution >= 0.6 is 24.0 Å². The van der Waals surface area contributed by atoms with Crippen molar-refractivity contribution in [1.82, 2.24) is 9.47 Å². The van der Waals surface area contributed by atoms with Crippen LogP contribution in [0.15, 0.2) is 34.0 Å². The standard InChI is InChI=1S/C26H26FN5O4S2/c1-3-31-23(30-12-10-29(11-13-30)20-7-5-4-6-19(20)27)17(16(2)18(15-28)24(31)35)14-21-25(36)32(26(37)38-21)9-8-22(33)34/h4-7,14H,3,8-13H2,1-2H3,(H,33,34)/b21-14+. The van der Waals surface area contributed by atoms with Crippen LogP contribution < -0.4 is 15.4 Å². The highest BCUT2D eigenvalue weighted by Gasteiger charge is 2.34. The second-order valence-electron chi connectivity index (χ2n) is 8.80. The smallest absolute Gasteiger partial charge is 0.305 e. The molecule has 1 amide bonds. The molecule has 2 fully saturated rings. The number of para-hydroxylation sites is 1. The van der Waals surface area contributed by atoms with Gasteiger partial charge in [0.05, 0.1) is 17.0 Å². The van der Waals surface area contributed by atoms with E-state index in [1.54, 1.807) is 31.2 Å². The molecule has 1 aromatic heterocycles. The molecule has 3 heterocycles. The van der Waals surface area contributed by atoms with E-state index in [9.17, 15) is 24.0 Å². The van der Waals surface area contributed by atoms with Gasteiger partial charge in [0.2, 0.25) is 0 Å². The molecule has 38 heavy (non-hydrogen) atoms. The van der Waals surface area contributed by atoms with Crippen LogP contribution in [0.4, 0.5) is 15.9 Å². The van der Waals surface area contributed by atoms with Gasteiger partial charge in [0.1, 0.15) is 27.6 Å². The molecule has 12 heteroatoms. The number of pyridine rings is 1. The summed E-state index contributed by atoms with van der Waals surface area (Å²) < 4.78 is 16.2. The predicted molar refractivity (Wildman–Crippen MR) is 149 cm³/mol. The van der Waals surface area contributed by atoms with E-state index in [1.165, 1.54) is 15.5 Å². The number of carboxylic acids is 1. The number of hydrogen-bond acceptors (Lipinski definition) is 8. The summed E-state index contributed by atoms with van der Waals surface area (Å²) in [5.74, 6) is -1.17. The zero-order chi connectivity index (χ0) is 27.6.